The minimum absolute atomic E-state index is 0. The average Bonchev–Trinajstić information content (AvgIpc) is 2.96. The van der Waals surface area contributed by atoms with E-state index in [1.807, 2.05) is 19.5 Å². The van der Waals surface area contributed by atoms with Crippen LogP contribution >= 0.6 is 35.3 Å². The van der Waals surface area contributed by atoms with Crippen LogP contribution in [-0.4, -0.2) is 24.0 Å². The zero-order valence-electron chi connectivity index (χ0n) is 10.9. The van der Waals surface area contributed by atoms with Gasteiger partial charge in [0.1, 0.15) is 0 Å². The van der Waals surface area contributed by atoms with Crippen LogP contribution in [0, 0.1) is 6.92 Å². The van der Waals surface area contributed by atoms with E-state index in [9.17, 15) is 0 Å². The molecule has 4 nitrogen and oxygen atoms in total. The van der Waals surface area contributed by atoms with Crippen molar-refractivity contribution in [3.05, 3.63) is 16.1 Å². The molecule has 0 amide bonds. The second kappa shape index (κ2) is 7.93. The number of aromatic nitrogens is 1. The maximum atomic E-state index is 4.26. The van der Waals surface area contributed by atoms with Gasteiger partial charge in [0.05, 0.1) is 17.7 Å². The van der Waals surface area contributed by atoms with E-state index in [0.29, 0.717) is 6.04 Å². The molecule has 1 saturated carbocycles. The largest absolute Gasteiger partial charge is 0.354 e. The number of hydrogen-bond donors (Lipinski definition) is 2. The molecule has 6 heteroatoms. The minimum Gasteiger partial charge on any atom is -0.354 e. The van der Waals surface area contributed by atoms with Crippen molar-refractivity contribution in [2.24, 2.45) is 4.99 Å². The van der Waals surface area contributed by atoms with Gasteiger partial charge in [0.15, 0.2) is 5.96 Å². The molecule has 18 heavy (non-hydrogen) atoms. The highest BCUT2D eigenvalue weighted by molar-refractivity contribution is 14.0. The smallest absolute Gasteiger partial charge is 0.191 e. The maximum Gasteiger partial charge on any atom is 0.191 e. The van der Waals surface area contributed by atoms with Gasteiger partial charge < -0.3 is 10.6 Å². The van der Waals surface area contributed by atoms with Gasteiger partial charge in [-0.2, -0.15) is 0 Å². The van der Waals surface area contributed by atoms with E-state index < -0.39 is 0 Å². The molecule has 0 spiro atoms. The molecule has 0 bridgehead atoms. The van der Waals surface area contributed by atoms with Crippen molar-refractivity contribution in [1.29, 1.82) is 0 Å². The highest BCUT2D eigenvalue weighted by atomic mass is 127. The quantitative estimate of drug-likeness (QED) is 0.482. The fraction of sp³-hybridized carbons (Fsp3) is 0.667. The van der Waals surface area contributed by atoms with Crippen molar-refractivity contribution in [1.82, 2.24) is 15.6 Å². The first-order chi connectivity index (χ1) is 8.29. The number of nitrogens with zero attached hydrogens (tertiary/aromatic N) is 2. The summed E-state index contributed by atoms with van der Waals surface area (Å²) in [6.07, 6.45) is 5.20. The van der Waals surface area contributed by atoms with Crippen LogP contribution in [-0.2, 0) is 6.54 Å². The van der Waals surface area contributed by atoms with Crippen molar-refractivity contribution >= 4 is 41.3 Å². The number of hydrogen-bond acceptors (Lipinski definition) is 3. The van der Waals surface area contributed by atoms with Gasteiger partial charge in [-0.15, -0.1) is 35.3 Å². The molecule has 0 atom stereocenters. The Morgan fingerprint density at radius 3 is 2.78 bits per heavy atom. The summed E-state index contributed by atoms with van der Waals surface area (Å²) in [5.41, 5.74) is 3.00. The van der Waals surface area contributed by atoms with E-state index in [4.69, 9.17) is 0 Å². The molecule has 0 saturated heterocycles. The van der Waals surface area contributed by atoms with Crippen molar-refractivity contribution in [3.63, 3.8) is 0 Å². The predicted molar refractivity (Wildman–Crippen MR) is 87.9 cm³/mol. The SMILES string of the molecule is CN=C(NCc1scnc1C)NC1CCCC1.I. The summed E-state index contributed by atoms with van der Waals surface area (Å²) in [5, 5.41) is 6.82. The Morgan fingerprint density at radius 1 is 1.50 bits per heavy atom. The monoisotopic (exact) mass is 380 g/mol. The van der Waals surface area contributed by atoms with Crippen molar-refractivity contribution in [3.8, 4) is 0 Å². The third-order valence-corrected chi connectivity index (χ3v) is 4.12. The zero-order valence-corrected chi connectivity index (χ0v) is 14.0. The van der Waals surface area contributed by atoms with Crippen molar-refractivity contribution in [2.45, 2.75) is 45.2 Å². The molecule has 0 radical (unpaired) electrons. The van der Waals surface area contributed by atoms with E-state index in [1.54, 1.807) is 11.3 Å². The molecule has 102 valence electrons. The van der Waals surface area contributed by atoms with E-state index in [-0.39, 0.29) is 24.0 Å². The molecule has 1 fully saturated rings. The average molecular weight is 380 g/mol. The lowest BCUT2D eigenvalue weighted by atomic mass is 10.2. The molecule has 2 N–H and O–H groups in total. The van der Waals surface area contributed by atoms with Gasteiger partial charge in [-0.05, 0) is 19.8 Å². The Balaban J connectivity index is 0.00000162. The first-order valence-corrected chi connectivity index (χ1v) is 7.03. The Labute approximate surface area is 130 Å². The van der Waals surface area contributed by atoms with Crippen molar-refractivity contribution < 1.29 is 0 Å². The zero-order chi connectivity index (χ0) is 12.1. The molecular formula is C12H21IN4S. The summed E-state index contributed by atoms with van der Waals surface area (Å²) in [5.74, 6) is 0.907. The summed E-state index contributed by atoms with van der Waals surface area (Å²) in [6.45, 7) is 2.85. The second-order valence-corrected chi connectivity index (χ2v) is 5.35. The van der Waals surface area contributed by atoms with Gasteiger partial charge >= 0.3 is 0 Å². The van der Waals surface area contributed by atoms with Crippen LogP contribution in [0.5, 0.6) is 0 Å². The van der Waals surface area contributed by atoms with Crippen LogP contribution < -0.4 is 10.6 Å². The predicted octanol–water partition coefficient (Wildman–Crippen LogP) is 2.68. The highest BCUT2D eigenvalue weighted by Gasteiger charge is 2.15. The van der Waals surface area contributed by atoms with Crippen LogP contribution in [0.1, 0.15) is 36.3 Å². The number of thiazole rings is 1. The summed E-state index contributed by atoms with van der Waals surface area (Å²) < 4.78 is 0. The molecule has 1 aliphatic rings. The number of aryl methyl sites for hydroxylation is 1. The normalized spacial score (nSPS) is 16.4. The van der Waals surface area contributed by atoms with E-state index in [2.05, 4.69) is 20.6 Å². The number of halogens is 1. The second-order valence-electron chi connectivity index (χ2n) is 4.41. The topological polar surface area (TPSA) is 49.3 Å². The van der Waals surface area contributed by atoms with E-state index >= 15 is 0 Å². The molecule has 0 aliphatic heterocycles. The third kappa shape index (κ3) is 4.38. The van der Waals surface area contributed by atoms with Crippen molar-refractivity contribution in [2.75, 3.05) is 7.05 Å². The molecule has 1 aliphatic carbocycles. The van der Waals surface area contributed by atoms with Gasteiger partial charge in [0.2, 0.25) is 0 Å². The summed E-state index contributed by atoms with van der Waals surface area (Å²) in [7, 11) is 1.82. The number of nitrogens with one attached hydrogen (secondary N) is 2. The molecular weight excluding hydrogens is 359 g/mol. The molecule has 2 rings (SSSR count). The minimum atomic E-state index is 0. The van der Waals surface area contributed by atoms with Crippen LogP contribution in [0.25, 0.3) is 0 Å². The molecule has 1 aromatic rings. The van der Waals surface area contributed by atoms with Crippen LogP contribution in [0.15, 0.2) is 10.5 Å². The highest BCUT2D eigenvalue weighted by Crippen LogP contribution is 2.17. The van der Waals surface area contributed by atoms with Gasteiger partial charge in [-0.25, -0.2) is 4.98 Å². The maximum absolute atomic E-state index is 4.26. The molecule has 0 unspecified atom stereocenters. The lowest BCUT2D eigenvalue weighted by Crippen LogP contribution is -2.41. The lowest BCUT2D eigenvalue weighted by Gasteiger charge is -2.16. The Kier molecular flexibility index (Phi) is 6.91. The Morgan fingerprint density at radius 2 is 2.22 bits per heavy atom. The van der Waals surface area contributed by atoms with Crippen LogP contribution in [0.4, 0.5) is 0 Å². The molecule has 0 aromatic carbocycles. The fourth-order valence-corrected chi connectivity index (χ4v) is 2.83. The lowest BCUT2D eigenvalue weighted by molar-refractivity contribution is 0.614. The summed E-state index contributed by atoms with van der Waals surface area (Å²) in [4.78, 5) is 9.78. The van der Waals surface area contributed by atoms with Gasteiger partial charge in [-0.1, -0.05) is 12.8 Å². The van der Waals surface area contributed by atoms with Crippen LogP contribution in [0.3, 0.4) is 0 Å². The van der Waals surface area contributed by atoms with E-state index in [1.165, 1.54) is 30.6 Å². The number of rotatable bonds is 3. The van der Waals surface area contributed by atoms with Gasteiger partial charge in [-0.3, -0.25) is 4.99 Å². The van der Waals surface area contributed by atoms with Gasteiger partial charge in [0.25, 0.3) is 0 Å². The fourth-order valence-electron chi connectivity index (χ4n) is 2.12. The number of guanidine groups is 1. The van der Waals surface area contributed by atoms with Crippen LogP contribution in [0.2, 0.25) is 0 Å². The molecule has 1 heterocycles. The first kappa shape index (κ1) is 15.7. The number of aliphatic imine (C=N–C) groups is 1. The summed E-state index contributed by atoms with van der Waals surface area (Å²) >= 11 is 1.69. The standard InChI is InChI=1S/C12H20N4S.HI/c1-9-11(17-8-15-9)7-14-12(13-2)16-10-5-3-4-6-10;/h8,10H,3-7H2,1-2H3,(H2,13,14,16);1H. The molecule has 1 aromatic heterocycles. The Hall–Kier alpha value is -0.370. The summed E-state index contributed by atoms with van der Waals surface area (Å²) in [6, 6.07) is 0.601. The first-order valence-electron chi connectivity index (χ1n) is 6.15. The Bertz CT molecular complexity index is 385. The van der Waals surface area contributed by atoms with Gasteiger partial charge in [0, 0.05) is 18.0 Å². The van der Waals surface area contributed by atoms with E-state index in [0.717, 1.165) is 18.2 Å². The third-order valence-electron chi connectivity index (χ3n) is 3.18.